The van der Waals surface area contributed by atoms with Gasteiger partial charge in [-0.1, -0.05) is 100 Å². The summed E-state index contributed by atoms with van der Waals surface area (Å²) in [4.78, 5) is 1.51. The van der Waals surface area contributed by atoms with Crippen LogP contribution in [0.25, 0.3) is 16.7 Å². The number of nitrogens with two attached hydrogens (primary N) is 1. The van der Waals surface area contributed by atoms with Crippen LogP contribution in [0.2, 0.25) is 0 Å². The summed E-state index contributed by atoms with van der Waals surface area (Å²) in [5.41, 5.74) is 11.9. The van der Waals surface area contributed by atoms with Gasteiger partial charge in [-0.2, -0.15) is 0 Å². The number of fused-ring (bicyclic) bond motifs is 1. The molecule has 0 unspecified atom stereocenters. The first-order valence-electron chi connectivity index (χ1n) is 11.8. The van der Waals surface area contributed by atoms with Gasteiger partial charge in [0.1, 0.15) is 22.5 Å². The average Bonchev–Trinajstić information content (AvgIpc) is 3.30. The van der Waals surface area contributed by atoms with Gasteiger partial charge in [0.05, 0.1) is 5.69 Å². The largest absolute Gasteiger partial charge is 0.505 e. The lowest BCUT2D eigenvalue weighted by Gasteiger charge is -2.32. The number of aromatic hydroxyl groups is 1. The van der Waals surface area contributed by atoms with E-state index in [0.717, 1.165) is 16.7 Å². The van der Waals surface area contributed by atoms with Gasteiger partial charge < -0.3 is 10.8 Å². The first-order valence-corrected chi connectivity index (χ1v) is 11.8. The van der Waals surface area contributed by atoms with Crippen LogP contribution in [0.1, 0.15) is 49.9 Å². The first-order chi connectivity index (χ1) is 16.7. The smallest absolute Gasteiger partial charge is 0.147 e. The predicted molar refractivity (Wildman–Crippen MR) is 142 cm³/mol. The molecule has 1 heterocycles. The van der Waals surface area contributed by atoms with Crippen LogP contribution in [0.4, 0.5) is 5.69 Å². The Morgan fingerprint density at radius 2 is 1.29 bits per heavy atom. The van der Waals surface area contributed by atoms with Crippen molar-refractivity contribution in [2.24, 2.45) is 0 Å². The Kier molecular flexibility index (Phi) is 5.36. The van der Waals surface area contributed by atoms with Crippen LogP contribution in [-0.2, 0) is 10.8 Å². The molecule has 3 N–H and O–H groups in total. The third-order valence-electron chi connectivity index (χ3n) is 7.13. The lowest BCUT2D eigenvalue weighted by molar-refractivity contribution is 0.445. The topological polar surface area (TPSA) is 77.0 Å². The normalized spacial score (nSPS) is 12.2. The molecule has 4 aromatic carbocycles. The molecule has 0 fully saturated rings. The molecule has 0 radical (unpaired) electrons. The Morgan fingerprint density at radius 1 is 0.686 bits per heavy atom. The monoisotopic (exact) mass is 462 g/mol. The highest BCUT2D eigenvalue weighted by atomic mass is 16.3. The van der Waals surface area contributed by atoms with E-state index in [1.54, 1.807) is 6.07 Å². The van der Waals surface area contributed by atoms with E-state index in [9.17, 15) is 5.11 Å². The van der Waals surface area contributed by atoms with Crippen molar-refractivity contribution >= 4 is 16.7 Å². The van der Waals surface area contributed by atoms with Crippen molar-refractivity contribution in [1.29, 1.82) is 0 Å². The Hall–Kier alpha value is -4.12. The van der Waals surface area contributed by atoms with Crippen molar-refractivity contribution in [3.05, 3.63) is 113 Å². The lowest BCUT2D eigenvalue weighted by Crippen LogP contribution is -2.24. The van der Waals surface area contributed by atoms with Gasteiger partial charge in [-0.05, 0) is 34.9 Å². The number of rotatable bonds is 5. The molecule has 0 aliphatic rings. The highest BCUT2D eigenvalue weighted by molar-refractivity contribution is 5.86. The van der Waals surface area contributed by atoms with Crippen molar-refractivity contribution in [1.82, 2.24) is 15.0 Å². The van der Waals surface area contributed by atoms with Crippen molar-refractivity contribution in [2.75, 3.05) is 5.73 Å². The van der Waals surface area contributed by atoms with Crippen LogP contribution in [0, 0.1) is 0 Å². The second kappa shape index (κ2) is 8.27. The molecule has 0 spiro atoms. The predicted octanol–water partition coefficient (Wildman–Crippen LogP) is 6.36. The average molecular weight is 463 g/mol. The maximum absolute atomic E-state index is 11.7. The molecule has 0 atom stereocenters. The van der Waals surface area contributed by atoms with E-state index in [1.165, 1.54) is 10.4 Å². The van der Waals surface area contributed by atoms with E-state index >= 15 is 0 Å². The van der Waals surface area contributed by atoms with Crippen molar-refractivity contribution in [3.63, 3.8) is 0 Å². The molecule has 0 aliphatic carbocycles. The molecular weight excluding hydrogens is 432 g/mol. The van der Waals surface area contributed by atoms with Gasteiger partial charge in [0.25, 0.3) is 0 Å². The molecule has 5 heteroatoms. The van der Waals surface area contributed by atoms with E-state index in [1.807, 2.05) is 42.5 Å². The SMILES string of the molecule is CC(C)(c1ccccc1)c1cc(-n2nc3cccc(N)c3n2)c(O)c(C(C)(C)c2ccccc2)c1. The zero-order valence-electron chi connectivity index (χ0n) is 20.5. The van der Waals surface area contributed by atoms with Gasteiger partial charge in [0, 0.05) is 16.4 Å². The van der Waals surface area contributed by atoms with Crippen LogP contribution >= 0.6 is 0 Å². The molecule has 5 rings (SSSR count). The molecule has 0 saturated heterocycles. The molecular formula is C30H30N4O. The van der Waals surface area contributed by atoms with Crippen LogP contribution in [0.3, 0.4) is 0 Å². The zero-order chi connectivity index (χ0) is 24.8. The van der Waals surface area contributed by atoms with Gasteiger partial charge in [0.15, 0.2) is 0 Å². The standard InChI is InChI=1S/C30H30N4O/c1-29(2,20-12-7-5-8-13-20)22-18-23(30(3,4)21-14-9-6-10-15-21)28(35)26(19-22)34-32-25-17-11-16-24(31)27(25)33-34/h5-19,35H,31H2,1-4H3. The number of aromatic nitrogens is 3. The lowest BCUT2D eigenvalue weighted by atomic mass is 9.72. The molecule has 0 aliphatic heterocycles. The van der Waals surface area contributed by atoms with Crippen LogP contribution in [0.5, 0.6) is 5.75 Å². The summed E-state index contributed by atoms with van der Waals surface area (Å²) >= 11 is 0. The number of hydrogen-bond acceptors (Lipinski definition) is 4. The van der Waals surface area contributed by atoms with Crippen LogP contribution < -0.4 is 5.73 Å². The maximum Gasteiger partial charge on any atom is 0.147 e. The van der Waals surface area contributed by atoms with E-state index < -0.39 is 5.41 Å². The van der Waals surface area contributed by atoms with E-state index in [0.29, 0.717) is 22.4 Å². The second-order valence-electron chi connectivity index (χ2n) is 10.1. The molecule has 0 amide bonds. The van der Waals surface area contributed by atoms with Crippen molar-refractivity contribution in [3.8, 4) is 11.4 Å². The van der Waals surface area contributed by atoms with Gasteiger partial charge in [-0.25, -0.2) is 0 Å². The zero-order valence-corrected chi connectivity index (χ0v) is 20.5. The number of nitrogen functional groups attached to an aromatic ring is 1. The molecule has 0 saturated carbocycles. The summed E-state index contributed by atoms with van der Waals surface area (Å²) in [5, 5.41) is 21.0. The third-order valence-corrected chi connectivity index (χ3v) is 7.13. The fourth-order valence-electron chi connectivity index (χ4n) is 4.71. The summed E-state index contributed by atoms with van der Waals surface area (Å²) in [7, 11) is 0. The van der Waals surface area contributed by atoms with Gasteiger partial charge in [0.2, 0.25) is 0 Å². The number of phenolic OH excluding ortho intramolecular Hbond substituents is 1. The van der Waals surface area contributed by atoms with Gasteiger partial charge in [-0.15, -0.1) is 15.0 Å². The number of benzene rings is 4. The summed E-state index contributed by atoms with van der Waals surface area (Å²) in [6, 6.07) is 30.3. The van der Waals surface area contributed by atoms with E-state index in [-0.39, 0.29) is 11.2 Å². The molecule has 1 aromatic heterocycles. The molecule has 5 aromatic rings. The minimum atomic E-state index is -0.464. The minimum absolute atomic E-state index is 0.158. The third kappa shape index (κ3) is 3.83. The van der Waals surface area contributed by atoms with Crippen molar-refractivity contribution < 1.29 is 5.11 Å². The number of phenols is 1. The molecule has 5 nitrogen and oxygen atoms in total. The first kappa shape index (κ1) is 22.7. The van der Waals surface area contributed by atoms with E-state index in [4.69, 9.17) is 5.73 Å². The quantitative estimate of drug-likeness (QED) is 0.298. The fraction of sp³-hybridized carbons (Fsp3) is 0.200. The summed E-state index contributed by atoms with van der Waals surface area (Å²) in [5.74, 6) is 0.158. The summed E-state index contributed by atoms with van der Waals surface area (Å²) < 4.78 is 0. The Balaban J connectivity index is 1.79. The molecule has 35 heavy (non-hydrogen) atoms. The van der Waals surface area contributed by atoms with Gasteiger partial charge >= 0.3 is 0 Å². The summed E-state index contributed by atoms with van der Waals surface area (Å²) in [6.07, 6.45) is 0. The fourth-order valence-corrected chi connectivity index (χ4v) is 4.71. The highest BCUT2D eigenvalue weighted by Crippen LogP contribution is 2.43. The number of hydrogen-bond donors (Lipinski definition) is 2. The Bertz CT molecular complexity index is 1500. The number of nitrogens with zero attached hydrogens (tertiary/aromatic N) is 3. The Labute approximate surface area is 205 Å². The maximum atomic E-state index is 11.7. The molecule has 0 bridgehead atoms. The van der Waals surface area contributed by atoms with Gasteiger partial charge in [-0.3, -0.25) is 0 Å². The highest BCUT2D eigenvalue weighted by Gasteiger charge is 2.32. The van der Waals surface area contributed by atoms with E-state index in [2.05, 4.69) is 80.4 Å². The van der Waals surface area contributed by atoms with Crippen molar-refractivity contribution in [2.45, 2.75) is 38.5 Å². The Morgan fingerprint density at radius 3 is 1.89 bits per heavy atom. The van der Waals surface area contributed by atoms with Crippen LogP contribution in [-0.4, -0.2) is 20.1 Å². The van der Waals surface area contributed by atoms with Crippen LogP contribution in [0.15, 0.2) is 91.0 Å². The summed E-state index contributed by atoms with van der Waals surface area (Å²) in [6.45, 7) is 8.66. The second-order valence-corrected chi connectivity index (χ2v) is 10.1. The number of anilines is 1. The minimum Gasteiger partial charge on any atom is -0.505 e. The molecule has 176 valence electrons.